The molecule has 1 fully saturated rings. The van der Waals surface area contributed by atoms with Crippen molar-refractivity contribution in [1.29, 1.82) is 0 Å². The summed E-state index contributed by atoms with van der Waals surface area (Å²) in [7, 11) is -3.99. The molecule has 0 saturated carbocycles. The van der Waals surface area contributed by atoms with Crippen molar-refractivity contribution >= 4 is 33.4 Å². The van der Waals surface area contributed by atoms with Gasteiger partial charge in [-0.05, 0) is 94.4 Å². The normalized spacial score (nSPS) is 15.1. The van der Waals surface area contributed by atoms with Crippen LogP contribution in [0.5, 0.6) is 5.75 Å². The molecule has 1 N–H and O–H groups in total. The summed E-state index contributed by atoms with van der Waals surface area (Å²) in [5, 5.41) is 2.91. The largest absolute Gasteiger partial charge is 0.492 e. The Morgan fingerprint density at radius 2 is 1.83 bits per heavy atom. The minimum atomic E-state index is -3.99. The van der Waals surface area contributed by atoms with Crippen molar-refractivity contribution in [3.8, 4) is 5.75 Å². The number of piperidine rings is 1. The van der Waals surface area contributed by atoms with Crippen molar-refractivity contribution in [3.63, 3.8) is 0 Å². The fourth-order valence-corrected chi connectivity index (χ4v) is 5.96. The highest BCUT2D eigenvalue weighted by molar-refractivity contribution is 7.98. The number of sulfonamides is 1. The van der Waals surface area contributed by atoms with Gasteiger partial charge in [-0.3, -0.25) is 9.10 Å². The number of nitrogens with one attached hydrogen (secondary N) is 1. The molecule has 3 rings (SSSR count). The first kappa shape index (κ1) is 27.4. The van der Waals surface area contributed by atoms with Gasteiger partial charge in [0.15, 0.2) is 0 Å². The van der Waals surface area contributed by atoms with Crippen LogP contribution < -0.4 is 14.4 Å². The van der Waals surface area contributed by atoms with Crippen LogP contribution in [0.3, 0.4) is 0 Å². The molecule has 0 aromatic heterocycles. The number of para-hydroxylation sites is 2. The summed E-state index contributed by atoms with van der Waals surface area (Å²) >= 11 is 1.54. The van der Waals surface area contributed by atoms with Crippen LogP contribution in [-0.4, -0.2) is 64.8 Å². The molecule has 0 bridgehead atoms. The average molecular weight is 520 g/mol. The molecule has 2 aromatic rings. The lowest BCUT2D eigenvalue weighted by atomic mass is 9.99. The van der Waals surface area contributed by atoms with Crippen molar-refractivity contribution in [3.05, 3.63) is 48.5 Å². The number of anilines is 1. The molecule has 0 unspecified atom stereocenters. The number of rotatable bonds is 12. The molecule has 1 saturated heterocycles. The maximum atomic E-state index is 13.7. The third-order valence-electron chi connectivity index (χ3n) is 6.22. The van der Waals surface area contributed by atoms with Crippen LogP contribution in [0.15, 0.2) is 58.3 Å². The standard InChI is InChI=1S/C26H37N3O4S2/c1-4-33-25-9-6-5-8-24(25)29(35(31,32)23-12-10-22(34-3)11-13-23)20-26(30)27-16-7-17-28-18-14-21(2)15-19-28/h5-6,8-13,21H,4,7,14-20H2,1-3H3,(H,27,30). The first-order chi connectivity index (χ1) is 16.8. The van der Waals surface area contributed by atoms with Crippen LogP contribution >= 0.6 is 11.8 Å². The second-order valence-electron chi connectivity index (χ2n) is 8.82. The molecule has 35 heavy (non-hydrogen) atoms. The van der Waals surface area contributed by atoms with Gasteiger partial charge in [0, 0.05) is 11.4 Å². The quantitative estimate of drug-likeness (QED) is 0.334. The highest BCUT2D eigenvalue weighted by atomic mass is 32.2. The summed E-state index contributed by atoms with van der Waals surface area (Å²) in [6, 6.07) is 13.6. The van der Waals surface area contributed by atoms with Crippen molar-refractivity contribution < 1.29 is 17.9 Å². The first-order valence-electron chi connectivity index (χ1n) is 12.2. The van der Waals surface area contributed by atoms with Crippen LogP contribution in [0.2, 0.25) is 0 Å². The van der Waals surface area contributed by atoms with Crippen molar-refractivity contribution in [2.45, 2.75) is 42.9 Å². The molecular weight excluding hydrogens is 482 g/mol. The van der Waals surface area contributed by atoms with Crippen LogP contribution in [0.25, 0.3) is 0 Å². The summed E-state index contributed by atoms with van der Waals surface area (Å²) in [6.07, 6.45) is 5.20. The molecule has 1 heterocycles. The monoisotopic (exact) mass is 519 g/mol. The summed E-state index contributed by atoms with van der Waals surface area (Å²) in [4.78, 5) is 16.4. The number of amides is 1. The van der Waals surface area contributed by atoms with Crippen LogP contribution in [-0.2, 0) is 14.8 Å². The van der Waals surface area contributed by atoms with E-state index in [4.69, 9.17) is 4.74 Å². The van der Waals surface area contributed by atoms with Gasteiger partial charge in [0.2, 0.25) is 5.91 Å². The summed E-state index contributed by atoms with van der Waals surface area (Å²) in [6.45, 7) is 7.84. The van der Waals surface area contributed by atoms with E-state index < -0.39 is 10.0 Å². The predicted octanol–water partition coefficient (Wildman–Crippen LogP) is 4.24. The highest BCUT2D eigenvalue weighted by Crippen LogP contribution is 2.32. The fraction of sp³-hybridized carbons (Fsp3) is 0.500. The number of benzene rings is 2. The zero-order valence-electron chi connectivity index (χ0n) is 20.9. The Kier molecular flexibility index (Phi) is 10.3. The topological polar surface area (TPSA) is 79.0 Å². The van der Waals surface area contributed by atoms with E-state index in [1.54, 1.807) is 48.5 Å². The molecule has 0 atom stereocenters. The van der Waals surface area contributed by atoms with Crippen molar-refractivity contribution in [2.24, 2.45) is 5.92 Å². The molecule has 2 aromatic carbocycles. The minimum absolute atomic E-state index is 0.133. The van der Waals surface area contributed by atoms with Crippen molar-refractivity contribution in [1.82, 2.24) is 10.2 Å². The molecule has 1 amide bonds. The predicted molar refractivity (Wildman–Crippen MR) is 143 cm³/mol. The van der Waals surface area contributed by atoms with Gasteiger partial charge in [-0.2, -0.15) is 0 Å². The van der Waals surface area contributed by atoms with Gasteiger partial charge in [0.25, 0.3) is 10.0 Å². The number of hydrogen-bond acceptors (Lipinski definition) is 6. The maximum Gasteiger partial charge on any atom is 0.264 e. The summed E-state index contributed by atoms with van der Waals surface area (Å²) in [5.74, 6) is 0.870. The van der Waals surface area contributed by atoms with E-state index >= 15 is 0 Å². The number of carbonyl (C=O) groups excluding carboxylic acids is 1. The van der Waals surface area contributed by atoms with Crippen LogP contribution in [0.1, 0.15) is 33.1 Å². The van der Waals surface area contributed by atoms with E-state index in [1.165, 1.54) is 24.6 Å². The number of likely N-dealkylation sites (tertiary alicyclic amines) is 1. The maximum absolute atomic E-state index is 13.7. The fourth-order valence-electron chi connectivity index (χ4n) is 4.12. The van der Waals surface area contributed by atoms with E-state index in [0.29, 0.717) is 24.6 Å². The molecule has 0 radical (unpaired) electrons. The lowest BCUT2D eigenvalue weighted by molar-refractivity contribution is -0.119. The van der Waals surface area contributed by atoms with E-state index in [1.807, 2.05) is 13.2 Å². The number of thioether (sulfide) groups is 1. The van der Waals surface area contributed by atoms with E-state index in [0.717, 1.165) is 41.2 Å². The molecule has 9 heteroatoms. The minimum Gasteiger partial charge on any atom is -0.492 e. The molecule has 1 aliphatic heterocycles. The van der Waals surface area contributed by atoms with Gasteiger partial charge in [-0.15, -0.1) is 11.8 Å². The average Bonchev–Trinajstić information content (AvgIpc) is 2.87. The Hall–Kier alpha value is -2.23. The van der Waals surface area contributed by atoms with E-state index in [2.05, 4.69) is 17.1 Å². The highest BCUT2D eigenvalue weighted by Gasteiger charge is 2.29. The van der Waals surface area contributed by atoms with E-state index in [-0.39, 0.29) is 17.3 Å². The Labute approximate surface area is 214 Å². The Balaban J connectivity index is 1.72. The van der Waals surface area contributed by atoms with Gasteiger partial charge < -0.3 is 15.0 Å². The van der Waals surface area contributed by atoms with Crippen LogP contribution in [0.4, 0.5) is 5.69 Å². The zero-order chi connectivity index (χ0) is 25.3. The second-order valence-corrected chi connectivity index (χ2v) is 11.6. The SMILES string of the molecule is CCOc1ccccc1N(CC(=O)NCCCN1CCC(C)CC1)S(=O)(=O)c1ccc(SC)cc1. The Morgan fingerprint density at radius 1 is 1.14 bits per heavy atom. The lowest BCUT2D eigenvalue weighted by Crippen LogP contribution is -2.42. The summed E-state index contributed by atoms with van der Waals surface area (Å²) < 4.78 is 34.2. The summed E-state index contributed by atoms with van der Waals surface area (Å²) in [5.41, 5.74) is 0.348. The van der Waals surface area contributed by atoms with Gasteiger partial charge >= 0.3 is 0 Å². The third kappa shape index (κ3) is 7.62. The molecule has 7 nitrogen and oxygen atoms in total. The number of nitrogens with zero attached hydrogens (tertiary/aromatic N) is 2. The number of ether oxygens (including phenoxy) is 1. The van der Waals surface area contributed by atoms with E-state index in [9.17, 15) is 13.2 Å². The Bertz CT molecular complexity index is 1050. The first-order valence-corrected chi connectivity index (χ1v) is 14.9. The van der Waals surface area contributed by atoms with Crippen LogP contribution in [0, 0.1) is 5.92 Å². The molecular formula is C26H37N3O4S2. The lowest BCUT2D eigenvalue weighted by Gasteiger charge is -2.30. The van der Waals surface area contributed by atoms with Gasteiger partial charge in [0.05, 0.1) is 17.2 Å². The number of carbonyl (C=O) groups is 1. The van der Waals surface area contributed by atoms with Gasteiger partial charge in [0.1, 0.15) is 12.3 Å². The molecule has 1 aliphatic rings. The van der Waals surface area contributed by atoms with Gasteiger partial charge in [-0.25, -0.2) is 8.42 Å². The molecule has 192 valence electrons. The molecule has 0 aliphatic carbocycles. The molecule has 0 spiro atoms. The van der Waals surface area contributed by atoms with Crippen molar-refractivity contribution in [2.75, 3.05) is 49.9 Å². The van der Waals surface area contributed by atoms with Gasteiger partial charge in [-0.1, -0.05) is 19.1 Å². The zero-order valence-corrected chi connectivity index (χ0v) is 22.5. The smallest absolute Gasteiger partial charge is 0.264 e. The Morgan fingerprint density at radius 3 is 2.49 bits per heavy atom. The third-order valence-corrected chi connectivity index (χ3v) is 8.74. The number of hydrogen-bond donors (Lipinski definition) is 1. The second kappa shape index (κ2) is 13.2.